The van der Waals surface area contributed by atoms with Gasteiger partial charge in [0.05, 0.1) is 13.2 Å². The molecule has 2 heteroatoms. The van der Waals surface area contributed by atoms with E-state index in [4.69, 9.17) is 9.47 Å². The van der Waals surface area contributed by atoms with E-state index in [0.29, 0.717) is 0 Å². The topological polar surface area (TPSA) is 18.5 Å². The minimum absolute atomic E-state index is 0.762. The molecule has 0 unspecified atom stereocenters. The lowest BCUT2D eigenvalue weighted by molar-refractivity contribution is 0.0453. The zero-order valence-electron chi connectivity index (χ0n) is 16.3. The van der Waals surface area contributed by atoms with E-state index < -0.39 is 0 Å². The van der Waals surface area contributed by atoms with Crippen molar-refractivity contribution in [1.29, 1.82) is 0 Å². The minimum Gasteiger partial charge on any atom is -0.379 e. The average molecular weight is 329 g/mol. The summed E-state index contributed by atoms with van der Waals surface area (Å²) in [5.74, 6) is 0. The van der Waals surface area contributed by atoms with Crippen LogP contribution >= 0.6 is 0 Å². The molecular formula is C21H44O2. The summed E-state index contributed by atoms with van der Waals surface area (Å²) in [5, 5.41) is 0. The van der Waals surface area contributed by atoms with Gasteiger partial charge < -0.3 is 9.47 Å². The third-order valence-electron chi connectivity index (χ3n) is 4.41. The van der Waals surface area contributed by atoms with Crippen molar-refractivity contribution in [2.24, 2.45) is 0 Å². The van der Waals surface area contributed by atoms with E-state index in [1.54, 1.807) is 0 Å². The van der Waals surface area contributed by atoms with E-state index in [1.807, 2.05) is 0 Å². The summed E-state index contributed by atoms with van der Waals surface area (Å²) in [4.78, 5) is 0. The maximum absolute atomic E-state index is 5.59. The molecule has 0 bridgehead atoms. The second-order valence-corrected chi connectivity index (χ2v) is 6.82. The molecule has 0 saturated carbocycles. The fraction of sp³-hybridized carbons (Fsp3) is 1.00. The van der Waals surface area contributed by atoms with Crippen LogP contribution in [0.1, 0.15) is 110 Å². The highest BCUT2D eigenvalue weighted by molar-refractivity contribution is 4.49. The zero-order valence-corrected chi connectivity index (χ0v) is 16.3. The molecule has 0 aliphatic rings. The molecule has 0 amide bonds. The molecule has 0 aliphatic heterocycles. The van der Waals surface area contributed by atoms with Crippen LogP contribution in [0.2, 0.25) is 0 Å². The van der Waals surface area contributed by atoms with Crippen molar-refractivity contribution in [2.45, 2.75) is 110 Å². The summed E-state index contributed by atoms with van der Waals surface area (Å²) < 4.78 is 11.1. The lowest BCUT2D eigenvalue weighted by Crippen LogP contribution is -2.06. The van der Waals surface area contributed by atoms with Gasteiger partial charge >= 0.3 is 0 Å². The molecule has 0 fully saturated rings. The van der Waals surface area contributed by atoms with Crippen LogP contribution in [-0.4, -0.2) is 26.4 Å². The van der Waals surface area contributed by atoms with Crippen LogP contribution < -0.4 is 0 Å². The van der Waals surface area contributed by atoms with Gasteiger partial charge in [0.2, 0.25) is 0 Å². The van der Waals surface area contributed by atoms with E-state index >= 15 is 0 Å². The Morgan fingerprint density at radius 3 is 1.13 bits per heavy atom. The Kier molecular flexibility index (Phi) is 21.8. The summed E-state index contributed by atoms with van der Waals surface area (Å²) in [6, 6.07) is 0. The highest BCUT2D eigenvalue weighted by atomic mass is 16.5. The molecule has 0 rings (SSSR count). The monoisotopic (exact) mass is 328 g/mol. The molecule has 0 aliphatic carbocycles. The Balaban J connectivity index is 2.92. The first-order valence-electron chi connectivity index (χ1n) is 10.6. The summed E-state index contributed by atoms with van der Waals surface area (Å²) in [5.41, 5.74) is 0. The van der Waals surface area contributed by atoms with Crippen LogP contribution in [-0.2, 0) is 9.47 Å². The zero-order chi connectivity index (χ0) is 16.8. The Labute approximate surface area is 146 Å². The van der Waals surface area contributed by atoms with Gasteiger partial charge in [-0.3, -0.25) is 0 Å². The first-order chi connectivity index (χ1) is 11.4. The SMILES string of the molecule is CCCCCCCCCCCCCCCOCCOCCCC. The largest absolute Gasteiger partial charge is 0.379 e. The molecule has 0 radical (unpaired) electrons. The van der Waals surface area contributed by atoms with Crippen LogP contribution in [0.5, 0.6) is 0 Å². The van der Waals surface area contributed by atoms with Gasteiger partial charge in [-0.05, 0) is 12.8 Å². The smallest absolute Gasteiger partial charge is 0.0700 e. The van der Waals surface area contributed by atoms with E-state index in [-0.39, 0.29) is 0 Å². The maximum atomic E-state index is 5.59. The van der Waals surface area contributed by atoms with E-state index in [0.717, 1.165) is 26.4 Å². The fourth-order valence-electron chi connectivity index (χ4n) is 2.79. The van der Waals surface area contributed by atoms with Gasteiger partial charge in [0, 0.05) is 13.2 Å². The molecule has 0 aromatic carbocycles. The van der Waals surface area contributed by atoms with Crippen molar-refractivity contribution >= 4 is 0 Å². The van der Waals surface area contributed by atoms with Crippen molar-refractivity contribution in [2.75, 3.05) is 26.4 Å². The number of rotatable bonds is 20. The Morgan fingerprint density at radius 2 is 0.696 bits per heavy atom. The van der Waals surface area contributed by atoms with Crippen LogP contribution in [0, 0.1) is 0 Å². The molecule has 0 N–H and O–H groups in total. The summed E-state index contributed by atoms with van der Waals surface area (Å²) >= 11 is 0. The van der Waals surface area contributed by atoms with E-state index in [2.05, 4.69) is 13.8 Å². The molecule has 0 saturated heterocycles. The molecule has 0 spiro atoms. The van der Waals surface area contributed by atoms with Crippen LogP contribution in [0.25, 0.3) is 0 Å². The number of unbranched alkanes of at least 4 members (excludes halogenated alkanes) is 13. The Morgan fingerprint density at radius 1 is 0.348 bits per heavy atom. The molecule has 0 atom stereocenters. The normalized spacial score (nSPS) is 11.2. The minimum atomic E-state index is 0.762. The van der Waals surface area contributed by atoms with Gasteiger partial charge in [0.1, 0.15) is 0 Å². The average Bonchev–Trinajstić information content (AvgIpc) is 2.57. The van der Waals surface area contributed by atoms with Crippen molar-refractivity contribution in [3.05, 3.63) is 0 Å². The molecular weight excluding hydrogens is 284 g/mol. The number of hydrogen-bond acceptors (Lipinski definition) is 2. The fourth-order valence-corrected chi connectivity index (χ4v) is 2.79. The van der Waals surface area contributed by atoms with Crippen molar-refractivity contribution in [3.63, 3.8) is 0 Å². The highest BCUT2D eigenvalue weighted by Crippen LogP contribution is 2.12. The van der Waals surface area contributed by atoms with Gasteiger partial charge in [0.25, 0.3) is 0 Å². The van der Waals surface area contributed by atoms with Gasteiger partial charge in [-0.15, -0.1) is 0 Å². The molecule has 140 valence electrons. The Bertz CT molecular complexity index is 174. The second-order valence-electron chi connectivity index (χ2n) is 6.82. The quantitative estimate of drug-likeness (QED) is 0.226. The second kappa shape index (κ2) is 21.9. The standard InChI is InChI=1S/C21H44O2/c1-3-5-7-8-9-10-11-12-13-14-15-16-17-19-23-21-20-22-18-6-4-2/h3-21H2,1-2H3. The predicted octanol–water partition coefficient (Wildman–Crippen LogP) is 6.91. The third-order valence-corrected chi connectivity index (χ3v) is 4.41. The number of hydrogen-bond donors (Lipinski definition) is 0. The molecule has 2 nitrogen and oxygen atoms in total. The molecule has 0 heterocycles. The number of ether oxygens (including phenoxy) is 2. The van der Waals surface area contributed by atoms with Crippen LogP contribution in [0.3, 0.4) is 0 Å². The lowest BCUT2D eigenvalue weighted by atomic mass is 10.0. The van der Waals surface area contributed by atoms with Gasteiger partial charge in [-0.2, -0.15) is 0 Å². The van der Waals surface area contributed by atoms with Gasteiger partial charge in [-0.1, -0.05) is 97.3 Å². The Hall–Kier alpha value is -0.0800. The summed E-state index contributed by atoms with van der Waals surface area (Å²) in [7, 11) is 0. The summed E-state index contributed by atoms with van der Waals surface area (Å²) in [6.45, 7) is 7.80. The summed E-state index contributed by atoms with van der Waals surface area (Å²) in [6.07, 6.45) is 20.6. The highest BCUT2D eigenvalue weighted by Gasteiger charge is 1.94. The molecule has 0 aromatic rings. The van der Waals surface area contributed by atoms with E-state index in [1.165, 1.54) is 96.3 Å². The lowest BCUT2D eigenvalue weighted by Gasteiger charge is -2.05. The van der Waals surface area contributed by atoms with Crippen molar-refractivity contribution in [1.82, 2.24) is 0 Å². The van der Waals surface area contributed by atoms with Crippen LogP contribution in [0.15, 0.2) is 0 Å². The first kappa shape index (κ1) is 22.9. The van der Waals surface area contributed by atoms with Crippen molar-refractivity contribution < 1.29 is 9.47 Å². The van der Waals surface area contributed by atoms with Gasteiger partial charge in [0.15, 0.2) is 0 Å². The van der Waals surface area contributed by atoms with Crippen LogP contribution in [0.4, 0.5) is 0 Å². The van der Waals surface area contributed by atoms with Gasteiger partial charge in [-0.25, -0.2) is 0 Å². The maximum Gasteiger partial charge on any atom is 0.0700 e. The third kappa shape index (κ3) is 21.9. The van der Waals surface area contributed by atoms with Crippen molar-refractivity contribution in [3.8, 4) is 0 Å². The molecule has 23 heavy (non-hydrogen) atoms. The first-order valence-corrected chi connectivity index (χ1v) is 10.6. The predicted molar refractivity (Wildman–Crippen MR) is 102 cm³/mol. The molecule has 0 aromatic heterocycles. The van der Waals surface area contributed by atoms with E-state index in [9.17, 15) is 0 Å².